The molecule has 0 radical (unpaired) electrons. The van der Waals surface area contributed by atoms with Crippen LogP contribution in [-0.2, 0) is 4.79 Å². The summed E-state index contributed by atoms with van der Waals surface area (Å²) in [5.74, 6) is 0.832. The van der Waals surface area contributed by atoms with E-state index in [9.17, 15) is 18.0 Å². The minimum Gasteiger partial charge on any atom is -0.330 e. The van der Waals surface area contributed by atoms with Gasteiger partial charge in [0.1, 0.15) is 12.4 Å². The Hall–Kier alpha value is -1.25. The largest absolute Gasteiger partial charge is 0.406 e. The van der Waals surface area contributed by atoms with Gasteiger partial charge in [-0.3, -0.25) is 9.89 Å². The van der Waals surface area contributed by atoms with E-state index in [0.29, 0.717) is 11.1 Å². The Labute approximate surface area is 136 Å². The van der Waals surface area contributed by atoms with Crippen LogP contribution in [0.1, 0.15) is 44.3 Å². The highest BCUT2D eigenvalue weighted by atomic mass is 32.2. The summed E-state index contributed by atoms with van der Waals surface area (Å²) in [6.07, 6.45) is -0.441. The van der Waals surface area contributed by atoms with Gasteiger partial charge < -0.3 is 4.90 Å². The molecule has 0 aliphatic heterocycles. The third kappa shape index (κ3) is 4.62. The van der Waals surface area contributed by atoms with Gasteiger partial charge in [-0.2, -0.15) is 13.2 Å². The molecule has 0 spiro atoms. The lowest BCUT2D eigenvalue weighted by molar-refractivity contribution is -0.164. The smallest absolute Gasteiger partial charge is 0.330 e. The number of halogens is 3. The molecular formula is C14H19F3N4OS. The third-order valence-corrected chi connectivity index (χ3v) is 5.07. The van der Waals surface area contributed by atoms with Crippen molar-refractivity contribution in [3.63, 3.8) is 0 Å². The van der Waals surface area contributed by atoms with Crippen LogP contribution in [-0.4, -0.2) is 50.5 Å². The Bertz CT molecular complexity index is 569. The third-order valence-electron chi connectivity index (χ3n) is 4.24. The molecule has 0 aromatic carbocycles. The first-order chi connectivity index (χ1) is 10.8. The summed E-state index contributed by atoms with van der Waals surface area (Å²) >= 11 is 1.09. The van der Waals surface area contributed by atoms with E-state index in [1.54, 1.807) is 6.92 Å². The zero-order valence-corrected chi connectivity index (χ0v) is 13.6. The van der Waals surface area contributed by atoms with Crippen LogP contribution in [0.25, 0.3) is 0 Å². The van der Waals surface area contributed by atoms with Crippen molar-refractivity contribution in [3.8, 4) is 0 Å². The Kier molecular flexibility index (Phi) is 4.57. The molecule has 2 aliphatic rings. The second-order valence-corrected chi connectivity index (χ2v) is 7.22. The molecule has 0 saturated heterocycles. The number of carbonyl (C=O) groups is 1. The number of hydrogen-bond acceptors (Lipinski definition) is 4. The van der Waals surface area contributed by atoms with Crippen LogP contribution in [0.4, 0.5) is 13.2 Å². The van der Waals surface area contributed by atoms with Crippen LogP contribution in [0.5, 0.6) is 0 Å². The summed E-state index contributed by atoms with van der Waals surface area (Å²) in [6, 6.07) is -0.376. The highest BCUT2D eigenvalue weighted by Gasteiger charge is 2.40. The zero-order chi connectivity index (χ0) is 16.6. The SMILES string of the molecule is CC(C1CC1)N(CC(F)(F)F)C(=O)CSc1n[nH]c(C2CC2)n1. The van der Waals surface area contributed by atoms with Crippen molar-refractivity contribution < 1.29 is 18.0 Å². The molecule has 1 amide bonds. The van der Waals surface area contributed by atoms with Crippen molar-refractivity contribution in [1.29, 1.82) is 0 Å². The molecule has 128 valence electrons. The van der Waals surface area contributed by atoms with Gasteiger partial charge in [0, 0.05) is 12.0 Å². The predicted molar refractivity (Wildman–Crippen MR) is 79.0 cm³/mol. The number of rotatable bonds is 7. The lowest BCUT2D eigenvalue weighted by atomic mass is 10.2. The van der Waals surface area contributed by atoms with E-state index in [0.717, 1.165) is 48.2 Å². The van der Waals surface area contributed by atoms with Gasteiger partial charge in [0.2, 0.25) is 11.1 Å². The first-order valence-corrected chi connectivity index (χ1v) is 8.73. The molecule has 23 heavy (non-hydrogen) atoms. The van der Waals surface area contributed by atoms with Gasteiger partial charge in [-0.25, -0.2) is 4.98 Å². The number of thioether (sulfide) groups is 1. The Morgan fingerprint density at radius 1 is 1.39 bits per heavy atom. The van der Waals surface area contributed by atoms with E-state index >= 15 is 0 Å². The van der Waals surface area contributed by atoms with Gasteiger partial charge in [0.05, 0.1) is 5.75 Å². The summed E-state index contributed by atoms with van der Waals surface area (Å²) in [5.41, 5.74) is 0. The summed E-state index contributed by atoms with van der Waals surface area (Å²) in [6.45, 7) is 0.509. The van der Waals surface area contributed by atoms with Gasteiger partial charge in [0.15, 0.2) is 0 Å². The van der Waals surface area contributed by atoms with E-state index in [1.807, 2.05) is 0 Å². The number of amides is 1. The van der Waals surface area contributed by atoms with Crippen molar-refractivity contribution >= 4 is 17.7 Å². The fourth-order valence-electron chi connectivity index (χ4n) is 2.56. The number of hydrogen-bond donors (Lipinski definition) is 1. The number of nitrogens with one attached hydrogen (secondary N) is 1. The highest BCUT2D eigenvalue weighted by Crippen LogP contribution is 2.38. The average Bonchev–Trinajstić information content (AvgIpc) is 3.39. The maximum Gasteiger partial charge on any atom is 0.406 e. The number of H-pyrrole nitrogens is 1. The van der Waals surface area contributed by atoms with Gasteiger partial charge in [-0.1, -0.05) is 11.8 Å². The summed E-state index contributed by atoms with van der Waals surface area (Å²) < 4.78 is 38.2. The fraction of sp³-hybridized carbons (Fsp3) is 0.786. The van der Waals surface area contributed by atoms with Gasteiger partial charge in [0.25, 0.3) is 0 Å². The molecule has 1 N–H and O–H groups in total. The molecule has 1 heterocycles. The quantitative estimate of drug-likeness (QED) is 0.770. The van der Waals surface area contributed by atoms with Crippen molar-refractivity contribution in [1.82, 2.24) is 20.1 Å². The minimum atomic E-state index is -4.38. The number of aromatic nitrogens is 3. The van der Waals surface area contributed by atoms with E-state index in [1.165, 1.54) is 0 Å². The molecule has 1 unspecified atom stereocenters. The van der Waals surface area contributed by atoms with Crippen molar-refractivity contribution in [2.24, 2.45) is 5.92 Å². The van der Waals surface area contributed by atoms with Gasteiger partial charge in [-0.05, 0) is 38.5 Å². The molecule has 1 aromatic rings. The molecular weight excluding hydrogens is 329 g/mol. The predicted octanol–water partition coefficient (Wildman–Crippen LogP) is 2.96. The standard InChI is InChI=1S/C14H19F3N4OS/c1-8(9-2-3-9)21(7-14(15,16)17)11(22)6-23-13-18-12(19-20-13)10-4-5-10/h8-10H,2-7H2,1H3,(H,18,19,20). The lowest BCUT2D eigenvalue weighted by Gasteiger charge is -2.30. The van der Waals surface area contributed by atoms with Crippen molar-refractivity contribution in [2.45, 2.75) is 55.9 Å². The molecule has 2 saturated carbocycles. The van der Waals surface area contributed by atoms with E-state index in [2.05, 4.69) is 15.2 Å². The first-order valence-electron chi connectivity index (χ1n) is 7.75. The van der Waals surface area contributed by atoms with Crippen LogP contribution in [0.2, 0.25) is 0 Å². The molecule has 5 nitrogen and oxygen atoms in total. The Morgan fingerprint density at radius 2 is 2.09 bits per heavy atom. The van der Waals surface area contributed by atoms with Crippen LogP contribution in [0.15, 0.2) is 5.16 Å². The summed E-state index contributed by atoms with van der Waals surface area (Å²) in [5, 5.41) is 7.26. The van der Waals surface area contributed by atoms with Crippen LogP contribution >= 0.6 is 11.8 Å². The van der Waals surface area contributed by atoms with E-state index in [4.69, 9.17) is 0 Å². The molecule has 2 aliphatic carbocycles. The molecule has 3 rings (SSSR count). The number of alkyl halides is 3. The Balaban J connectivity index is 1.57. The monoisotopic (exact) mass is 348 g/mol. The molecule has 1 atom stereocenters. The van der Waals surface area contributed by atoms with Crippen LogP contribution in [0, 0.1) is 5.92 Å². The number of nitrogens with zero attached hydrogens (tertiary/aromatic N) is 3. The fourth-order valence-corrected chi connectivity index (χ4v) is 3.25. The van der Waals surface area contributed by atoms with Gasteiger partial charge in [-0.15, -0.1) is 5.10 Å². The van der Waals surface area contributed by atoms with Gasteiger partial charge >= 0.3 is 6.18 Å². The summed E-state index contributed by atoms with van der Waals surface area (Å²) in [7, 11) is 0. The van der Waals surface area contributed by atoms with E-state index < -0.39 is 18.6 Å². The maximum atomic E-state index is 12.7. The number of aromatic amines is 1. The van der Waals surface area contributed by atoms with Crippen LogP contribution in [0.3, 0.4) is 0 Å². The van der Waals surface area contributed by atoms with Crippen molar-refractivity contribution in [3.05, 3.63) is 5.82 Å². The number of carbonyl (C=O) groups excluding carboxylic acids is 1. The molecule has 1 aromatic heterocycles. The summed E-state index contributed by atoms with van der Waals surface area (Å²) in [4.78, 5) is 17.5. The average molecular weight is 348 g/mol. The molecule has 9 heteroatoms. The minimum absolute atomic E-state index is 0.0743. The second-order valence-electron chi connectivity index (χ2n) is 6.28. The van der Waals surface area contributed by atoms with E-state index in [-0.39, 0.29) is 17.7 Å². The second kappa shape index (κ2) is 6.33. The molecule has 0 bridgehead atoms. The molecule has 2 fully saturated rings. The zero-order valence-electron chi connectivity index (χ0n) is 12.8. The highest BCUT2D eigenvalue weighted by molar-refractivity contribution is 7.99. The Morgan fingerprint density at radius 3 is 2.65 bits per heavy atom. The van der Waals surface area contributed by atoms with Crippen LogP contribution < -0.4 is 0 Å². The first kappa shape index (κ1) is 16.6. The normalized spacial score (nSPS) is 19.7. The topological polar surface area (TPSA) is 61.9 Å². The van der Waals surface area contributed by atoms with Crippen molar-refractivity contribution in [2.75, 3.05) is 12.3 Å². The lowest BCUT2D eigenvalue weighted by Crippen LogP contribution is -2.46. The maximum absolute atomic E-state index is 12.7.